The van der Waals surface area contributed by atoms with Gasteiger partial charge in [-0.1, -0.05) is 55.1 Å². The molecule has 0 saturated heterocycles. The zero-order chi connectivity index (χ0) is 19.0. The highest BCUT2D eigenvalue weighted by Gasteiger charge is 2.40. The van der Waals surface area contributed by atoms with Crippen LogP contribution in [0.25, 0.3) is 0 Å². The Balaban J connectivity index is 1.75. The lowest BCUT2D eigenvalue weighted by Crippen LogP contribution is -2.31. The van der Waals surface area contributed by atoms with Crippen molar-refractivity contribution in [1.29, 1.82) is 0 Å². The zero-order valence-electron chi connectivity index (χ0n) is 14.4. The quantitative estimate of drug-likeness (QED) is 0.367. The molecule has 2 aliphatic heterocycles. The summed E-state index contributed by atoms with van der Waals surface area (Å²) in [5, 5.41) is 3.16. The summed E-state index contributed by atoms with van der Waals surface area (Å²) in [5.74, 6) is 1.63. The smallest absolute Gasteiger partial charge is 0.234 e. The molecule has 2 unspecified atom stereocenters. The van der Waals surface area contributed by atoms with Crippen LogP contribution in [0.5, 0.6) is 11.5 Å². The predicted molar refractivity (Wildman–Crippen MR) is 115 cm³/mol. The zero-order valence-corrected chi connectivity index (χ0v) is 19.1. The molecule has 2 atom stereocenters. The number of hydrogen-bond acceptors (Lipinski definition) is 3. The summed E-state index contributed by atoms with van der Waals surface area (Å²) in [6.45, 7) is 0. The Labute approximate surface area is 185 Å². The highest BCUT2D eigenvalue weighted by molar-refractivity contribution is 9.09. The first-order chi connectivity index (χ1) is 13.1. The van der Waals surface area contributed by atoms with Crippen molar-refractivity contribution in [2.75, 3.05) is 10.7 Å². The summed E-state index contributed by atoms with van der Waals surface area (Å²) < 4.78 is 18.6. The van der Waals surface area contributed by atoms with Crippen molar-refractivity contribution >= 4 is 55.1 Å². The Morgan fingerprint density at radius 1 is 0.741 bits per heavy atom. The van der Waals surface area contributed by atoms with Crippen LogP contribution in [-0.4, -0.2) is 10.7 Å². The van der Waals surface area contributed by atoms with Gasteiger partial charge >= 0.3 is 0 Å². The third kappa shape index (κ3) is 3.99. The SMILES string of the molecule is Clc1cc(CCCBr)c2c(c1)C1Oc3c(CCCBr)cc(Cl)cc3C(O2)O1. The van der Waals surface area contributed by atoms with E-state index in [1.54, 1.807) is 0 Å². The fourth-order valence-electron chi connectivity index (χ4n) is 3.53. The number of ether oxygens (including phenoxy) is 3. The molecule has 2 aromatic rings. The summed E-state index contributed by atoms with van der Waals surface area (Å²) in [6, 6.07) is 7.66. The average molecular weight is 537 g/mol. The maximum Gasteiger partial charge on any atom is 0.234 e. The number of fused-ring (bicyclic) bond motifs is 6. The van der Waals surface area contributed by atoms with E-state index in [9.17, 15) is 0 Å². The minimum absolute atomic E-state index is 0.531. The number of aryl methyl sites for hydroxylation is 2. The average Bonchev–Trinajstić information content (AvgIpc) is 2.65. The molecule has 0 saturated carbocycles. The second kappa shape index (κ2) is 8.50. The summed E-state index contributed by atoms with van der Waals surface area (Å²) in [7, 11) is 0. The molecule has 27 heavy (non-hydrogen) atoms. The van der Waals surface area contributed by atoms with Gasteiger partial charge in [-0.3, -0.25) is 4.74 Å². The largest absolute Gasteiger partial charge is 0.459 e. The first kappa shape index (κ1) is 19.8. The van der Waals surface area contributed by atoms with Gasteiger partial charge in [-0.05, 0) is 61.1 Å². The van der Waals surface area contributed by atoms with Gasteiger partial charge in [-0.15, -0.1) is 0 Å². The van der Waals surface area contributed by atoms with Gasteiger partial charge in [0.2, 0.25) is 12.6 Å². The van der Waals surface area contributed by atoms with Crippen LogP contribution in [0, 0.1) is 0 Å². The molecule has 2 aliphatic rings. The van der Waals surface area contributed by atoms with Crippen LogP contribution in [0.3, 0.4) is 0 Å². The molecule has 4 rings (SSSR count). The fraction of sp³-hybridized carbons (Fsp3) is 0.400. The van der Waals surface area contributed by atoms with Gasteiger partial charge < -0.3 is 9.47 Å². The normalized spacial score (nSPS) is 19.7. The lowest BCUT2D eigenvalue weighted by molar-refractivity contribution is -0.228. The minimum Gasteiger partial charge on any atom is -0.459 e. The van der Waals surface area contributed by atoms with Gasteiger partial charge in [-0.25, -0.2) is 0 Å². The number of hydrogen-bond donors (Lipinski definition) is 0. The van der Waals surface area contributed by atoms with E-state index >= 15 is 0 Å². The first-order valence-corrected chi connectivity index (χ1v) is 11.9. The van der Waals surface area contributed by atoms with Crippen LogP contribution in [0.1, 0.15) is 47.7 Å². The molecule has 2 heterocycles. The Hall–Kier alpha value is -0.460. The molecule has 2 bridgehead atoms. The van der Waals surface area contributed by atoms with Crippen LogP contribution in [0.4, 0.5) is 0 Å². The first-order valence-electron chi connectivity index (χ1n) is 8.86. The molecule has 0 aromatic heterocycles. The van der Waals surface area contributed by atoms with Crippen molar-refractivity contribution in [2.45, 2.75) is 38.3 Å². The molecule has 0 amide bonds. The Morgan fingerprint density at radius 3 is 1.59 bits per heavy atom. The maximum absolute atomic E-state index is 6.36. The van der Waals surface area contributed by atoms with E-state index in [4.69, 9.17) is 37.4 Å². The molecule has 144 valence electrons. The van der Waals surface area contributed by atoms with Gasteiger partial charge in [0, 0.05) is 20.7 Å². The van der Waals surface area contributed by atoms with Gasteiger partial charge in [0.25, 0.3) is 0 Å². The standard InChI is InChI=1S/C20H18Br2Cl2O3/c21-5-1-3-11-7-13(23)9-15-17(11)25-20-16-10-14(24)8-12(4-2-6-22)18(16)26-19(15)27-20/h7-10,19-20H,1-6H2. The number of rotatable bonds is 6. The van der Waals surface area contributed by atoms with E-state index in [1.165, 1.54) is 0 Å². The van der Waals surface area contributed by atoms with Crippen molar-refractivity contribution in [3.8, 4) is 11.5 Å². The van der Waals surface area contributed by atoms with Crippen molar-refractivity contribution in [3.05, 3.63) is 56.6 Å². The van der Waals surface area contributed by atoms with E-state index in [2.05, 4.69) is 31.9 Å². The topological polar surface area (TPSA) is 27.7 Å². The van der Waals surface area contributed by atoms with E-state index < -0.39 is 12.6 Å². The number of halogens is 4. The third-order valence-corrected chi connectivity index (χ3v) is 6.24. The van der Waals surface area contributed by atoms with Crippen LogP contribution >= 0.6 is 55.1 Å². The van der Waals surface area contributed by atoms with Gasteiger partial charge in [0.1, 0.15) is 11.5 Å². The molecule has 2 aromatic carbocycles. The van der Waals surface area contributed by atoms with Crippen molar-refractivity contribution in [2.24, 2.45) is 0 Å². The lowest BCUT2D eigenvalue weighted by atomic mass is 9.99. The van der Waals surface area contributed by atoms with E-state index in [0.29, 0.717) is 10.0 Å². The van der Waals surface area contributed by atoms with Crippen LogP contribution < -0.4 is 9.47 Å². The molecule has 7 heteroatoms. The summed E-state index contributed by atoms with van der Waals surface area (Å²) in [5.41, 5.74) is 3.83. The highest BCUT2D eigenvalue weighted by Crippen LogP contribution is 2.51. The molecule has 0 aliphatic carbocycles. The molecule has 0 radical (unpaired) electrons. The molecular formula is C20H18Br2Cl2O3. The van der Waals surface area contributed by atoms with Crippen molar-refractivity contribution in [1.82, 2.24) is 0 Å². The van der Waals surface area contributed by atoms with Crippen molar-refractivity contribution in [3.63, 3.8) is 0 Å². The Kier molecular flexibility index (Phi) is 6.25. The Bertz CT molecular complexity index is 790. The molecular weight excluding hydrogens is 519 g/mol. The molecule has 0 fully saturated rings. The third-order valence-electron chi connectivity index (χ3n) is 4.68. The van der Waals surface area contributed by atoms with Gasteiger partial charge in [0.15, 0.2) is 0 Å². The minimum atomic E-state index is -0.531. The predicted octanol–water partition coefficient (Wildman–Crippen LogP) is 7.15. The van der Waals surface area contributed by atoms with Crippen molar-refractivity contribution < 1.29 is 14.2 Å². The van der Waals surface area contributed by atoms with E-state index in [0.717, 1.165) is 70.1 Å². The number of benzene rings is 2. The Morgan fingerprint density at radius 2 is 1.19 bits per heavy atom. The summed E-state index contributed by atoms with van der Waals surface area (Å²) in [4.78, 5) is 0. The maximum atomic E-state index is 6.36. The highest BCUT2D eigenvalue weighted by atomic mass is 79.9. The van der Waals surface area contributed by atoms with Gasteiger partial charge in [-0.2, -0.15) is 0 Å². The summed E-state index contributed by atoms with van der Waals surface area (Å²) in [6.07, 6.45) is 2.66. The van der Waals surface area contributed by atoms with Crippen LogP contribution in [0.15, 0.2) is 24.3 Å². The second-order valence-corrected chi connectivity index (χ2v) is 9.05. The molecule has 0 N–H and O–H groups in total. The number of alkyl halides is 2. The molecule has 3 nitrogen and oxygen atoms in total. The summed E-state index contributed by atoms with van der Waals surface area (Å²) >= 11 is 19.7. The molecule has 0 spiro atoms. The second-order valence-electron chi connectivity index (χ2n) is 6.59. The van der Waals surface area contributed by atoms with Gasteiger partial charge in [0.05, 0.1) is 11.1 Å². The fourth-order valence-corrected chi connectivity index (χ4v) is 4.58. The van der Waals surface area contributed by atoms with E-state index in [1.807, 2.05) is 24.3 Å². The lowest BCUT2D eigenvalue weighted by Gasteiger charge is -2.39. The monoisotopic (exact) mass is 534 g/mol. The van der Waals surface area contributed by atoms with Crippen LogP contribution in [-0.2, 0) is 17.6 Å². The van der Waals surface area contributed by atoms with E-state index in [-0.39, 0.29) is 0 Å². The van der Waals surface area contributed by atoms with Crippen LogP contribution in [0.2, 0.25) is 10.0 Å².